The Labute approximate surface area is 222 Å². The van der Waals surface area contributed by atoms with Crippen LogP contribution in [-0.2, 0) is 26.2 Å². The summed E-state index contributed by atoms with van der Waals surface area (Å²) in [6.45, 7) is 6.57. The maximum Gasteiger partial charge on any atom is 0.244 e. The number of benzene rings is 2. The van der Waals surface area contributed by atoms with Gasteiger partial charge in [-0.2, -0.15) is 0 Å². The summed E-state index contributed by atoms with van der Waals surface area (Å²) in [6, 6.07) is 8.65. The Morgan fingerprint density at radius 1 is 1.03 bits per heavy atom. The van der Waals surface area contributed by atoms with E-state index in [1.807, 2.05) is 13.8 Å². The van der Waals surface area contributed by atoms with E-state index in [-0.39, 0.29) is 24.2 Å². The molecule has 0 aromatic heterocycles. The van der Waals surface area contributed by atoms with E-state index in [1.54, 1.807) is 44.2 Å². The molecule has 0 radical (unpaired) electrons. The quantitative estimate of drug-likeness (QED) is 0.439. The van der Waals surface area contributed by atoms with E-state index in [0.717, 1.165) is 10.6 Å². The summed E-state index contributed by atoms with van der Waals surface area (Å²) >= 11 is 18.4. The highest BCUT2D eigenvalue weighted by Gasteiger charge is 2.31. The number of carbonyl (C=O) groups excluding carboxylic acids is 2. The van der Waals surface area contributed by atoms with Crippen LogP contribution < -0.4 is 9.62 Å². The van der Waals surface area contributed by atoms with Crippen molar-refractivity contribution < 1.29 is 18.0 Å². The zero-order valence-electron chi connectivity index (χ0n) is 20.3. The molecule has 192 valence electrons. The molecule has 0 aliphatic heterocycles. The Morgan fingerprint density at radius 2 is 1.63 bits per heavy atom. The van der Waals surface area contributed by atoms with Crippen LogP contribution in [0.15, 0.2) is 36.4 Å². The molecule has 2 atom stereocenters. The van der Waals surface area contributed by atoms with Gasteiger partial charge in [-0.1, -0.05) is 53.9 Å². The van der Waals surface area contributed by atoms with Crippen LogP contribution in [0.2, 0.25) is 15.1 Å². The van der Waals surface area contributed by atoms with Crippen molar-refractivity contribution in [3.05, 3.63) is 62.6 Å². The smallest absolute Gasteiger partial charge is 0.244 e. The van der Waals surface area contributed by atoms with Gasteiger partial charge in [0.1, 0.15) is 12.6 Å². The molecule has 2 amide bonds. The van der Waals surface area contributed by atoms with Crippen molar-refractivity contribution in [2.75, 3.05) is 17.1 Å². The SMILES string of the molecule is CC[C@H](C)NC(=O)[C@@H](C)N(Cc1ccc(Cl)cc1Cl)C(=O)CN(c1cc(Cl)ccc1C)S(C)(=O)=O. The summed E-state index contributed by atoms with van der Waals surface area (Å²) in [5, 5.41) is 3.96. The second kappa shape index (κ2) is 12.3. The standard InChI is InChI=1S/C24H30Cl3N3O4S/c1-6-16(3)28-24(32)17(4)29(13-18-8-10-19(25)11-21(18)27)23(31)14-30(35(5,33)34)22-12-20(26)9-7-15(22)2/h7-12,16-17H,6,13-14H2,1-5H3,(H,28,32)/t16-,17+/m0/s1. The van der Waals surface area contributed by atoms with Gasteiger partial charge in [-0.15, -0.1) is 0 Å². The number of aryl methyl sites for hydroxylation is 1. The number of hydrogen-bond donors (Lipinski definition) is 1. The van der Waals surface area contributed by atoms with Crippen molar-refractivity contribution in [2.24, 2.45) is 0 Å². The molecule has 11 heteroatoms. The summed E-state index contributed by atoms with van der Waals surface area (Å²) in [6.07, 6.45) is 1.73. The normalized spacial score (nSPS) is 13.1. The van der Waals surface area contributed by atoms with Gasteiger partial charge in [-0.3, -0.25) is 13.9 Å². The number of halogens is 3. The van der Waals surface area contributed by atoms with Crippen LogP contribution in [0.4, 0.5) is 5.69 Å². The number of nitrogens with zero attached hydrogens (tertiary/aromatic N) is 2. The molecule has 0 aliphatic carbocycles. The molecule has 0 aliphatic rings. The molecule has 0 saturated carbocycles. The van der Waals surface area contributed by atoms with E-state index in [2.05, 4.69) is 5.32 Å². The zero-order valence-corrected chi connectivity index (χ0v) is 23.4. The van der Waals surface area contributed by atoms with Crippen molar-refractivity contribution in [1.82, 2.24) is 10.2 Å². The molecule has 0 bridgehead atoms. The summed E-state index contributed by atoms with van der Waals surface area (Å²) in [5.74, 6) is -0.935. The highest BCUT2D eigenvalue weighted by atomic mass is 35.5. The van der Waals surface area contributed by atoms with Crippen molar-refractivity contribution in [3.63, 3.8) is 0 Å². The fourth-order valence-electron chi connectivity index (χ4n) is 3.33. The summed E-state index contributed by atoms with van der Waals surface area (Å²) in [7, 11) is -3.86. The molecule has 35 heavy (non-hydrogen) atoms. The fraction of sp³-hybridized carbons (Fsp3) is 0.417. The van der Waals surface area contributed by atoms with Gasteiger partial charge in [0.15, 0.2) is 0 Å². The van der Waals surface area contributed by atoms with E-state index < -0.39 is 28.5 Å². The Morgan fingerprint density at radius 3 is 2.20 bits per heavy atom. The summed E-state index contributed by atoms with van der Waals surface area (Å²) in [4.78, 5) is 27.8. The van der Waals surface area contributed by atoms with Gasteiger partial charge in [0, 0.05) is 27.7 Å². The van der Waals surface area contributed by atoms with Crippen LogP contribution >= 0.6 is 34.8 Å². The molecule has 7 nitrogen and oxygen atoms in total. The number of rotatable bonds is 10. The van der Waals surface area contributed by atoms with Crippen LogP contribution in [0, 0.1) is 6.92 Å². The summed E-state index contributed by atoms with van der Waals surface area (Å²) < 4.78 is 26.4. The third kappa shape index (κ3) is 8.00. The summed E-state index contributed by atoms with van der Waals surface area (Å²) in [5.41, 5.74) is 1.48. The minimum absolute atomic E-state index is 0.0178. The minimum atomic E-state index is -3.86. The van der Waals surface area contributed by atoms with Crippen LogP contribution in [0.25, 0.3) is 0 Å². The van der Waals surface area contributed by atoms with E-state index >= 15 is 0 Å². The molecule has 2 rings (SSSR count). The lowest BCUT2D eigenvalue weighted by Gasteiger charge is -2.32. The molecule has 0 fully saturated rings. The van der Waals surface area contributed by atoms with E-state index in [0.29, 0.717) is 32.6 Å². The number of hydrogen-bond acceptors (Lipinski definition) is 4. The highest BCUT2D eigenvalue weighted by Crippen LogP contribution is 2.27. The molecule has 0 saturated heterocycles. The van der Waals surface area contributed by atoms with Crippen molar-refractivity contribution in [3.8, 4) is 0 Å². The number of nitrogens with one attached hydrogen (secondary N) is 1. The van der Waals surface area contributed by atoms with Gasteiger partial charge in [-0.25, -0.2) is 8.42 Å². The topological polar surface area (TPSA) is 86.8 Å². The maximum absolute atomic E-state index is 13.6. The Balaban J connectivity index is 2.47. The van der Waals surface area contributed by atoms with E-state index in [1.165, 1.54) is 11.0 Å². The highest BCUT2D eigenvalue weighted by molar-refractivity contribution is 7.92. The third-order valence-corrected chi connectivity index (χ3v) is 7.59. The lowest BCUT2D eigenvalue weighted by atomic mass is 10.1. The van der Waals surface area contributed by atoms with Gasteiger partial charge < -0.3 is 10.2 Å². The van der Waals surface area contributed by atoms with Crippen LogP contribution in [0.5, 0.6) is 0 Å². The first-order chi connectivity index (χ1) is 16.2. The first-order valence-electron chi connectivity index (χ1n) is 11.0. The number of amides is 2. The number of sulfonamides is 1. The maximum atomic E-state index is 13.6. The Bertz CT molecular complexity index is 1190. The number of anilines is 1. The lowest BCUT2D eigenvalue weighted by Crippen LogP contribution is -2.52. The largest absolute Gasteiger partial charge is 0.352 e. The molecule has 0 spiro atoms. The van der Waals surface area contributed by atoms with Gasteiger partial charge in [0.25, 0.3) is 0 Å². The monoisotopic (exact) mass is 561 g/mol. The zero-order chi connectivity index (χ0) is 26.5. The first-order valence-corrected chi connectivity index (χ1v) is 14.0. The van der Waals surface area contributed by atoms with Crippen LogP contribution in [-0.4, -0.2) is 50.0 Å². The molecule has 0 heterocycles. The molecule has 2 aromatic rings. The van der Waals surface area contributed by atoms with Crippen molar-refractivity contribution in [2.45, 2.75) is 52.7 Å². The minimum Gasteiger partial charge on any atom is -0.352 e. The van der Waals surface area contributed by atoms with Crippen molar-refractivity contribution in [1.29, 1.82) is 0 Å². The van der Waals surface area contributed by atoms with Crippen LogP contribution in [0.1, 0.15) is 38.3 Å². The Kier molecular flexibility index (Phi) is 10.3. The predicted molar refractivity (Wildman–Crippen MR) is 143 cm³/mol. The molecule has 0 unspecified atom stereocenters. The molecular weight excluding hydrogens is 533 g/mol. The first kappa shape index (κ1) is 29.2. The Hall–Kier alpha value is -2.00. The molecular formula is C24H30Cl3N3O4S. The molecule has 2 aromatic carbocycles. The number of carbonyl (C=O) groups is 2. The van der Waals surface area contributed by atoms with Gasteiger partial charge >= 0.3 is 0 Å². The third-order valence-electron chi connectivity index (χ3n) is 5.64. The lowest BCUT2D eigenvalue weighted by molar-refractivity contribution is -0.139. The second-order valence-corrected chi connectivity index (χ2v) is 11.6. The molecule has 1 N–H and O–H groups in total. The average molecular weight is 563 g/mol. The predicted octanol–water partition coefficient (Wildman–Crippen LogP) is 5.05. The van der Waals surface area contributed by atoms with E-state index in [9.17, 15) is 18.0 Å². The second-order valence-electron chi connectivity index (χ2n) is 8.45. The van der Waals surface area contributed by atoms with Gasteiger partial charge in [0.2, 0.25) is 21.8 Å². The van der Waals surface area contributed by atoms with Crippen LogP contribution in [0.3, 0.4) is 0 Å². The van der Waals surface area contributed by atoms with Gasteiger partial charge in [-0.05, 0) is 62.6 Å². The average Bonchev–Trinajstić information content (AvgIpc) is 2.77. The van der Waals surface area contributed by atoms with Gasteiger partial charge in [0.05, 0.1) is 11.9 Å². The van der Waals surface area contributed by atoms with Crippen molar-refractivity contribution >= 4 is 62.3 Å². The van der Waals surface area contributed by atoms with E-state index in [4.69, 9.17) is 34.8 Å². The fourth-order valence-corrected chi connectivity index (χ4v) is 4.86.